The number of aliphatic hydroxyl groups excluding tert-OH is 1. The van der Waals surface area contributed by atoms with Gasteiger partial charge in [0.15, 0.2) is 0 Å². The van der Waals surface area contributed by atoms with E-state index in [-0.39, 0.29) is 18.6 Å². The van der Waals surface area contributed by atoms with Crippen molar-refractivity contribution in [3.63, 3.8) is 0 Å². The number of ether oxygens (including phenoxy) is 1. The van der Waals surface area contributed by atoms with Gasteiger partial charge in [-0.1, -0.05) is 24.0 Å². The molecule has 0 fully saturated rings. The second kappa shape index (κ2) is 8.36. The molecule has 1 amide bonds. The largest absolute Gasteiger partial charge is 0.395 e. The average Bonchev–Trinajstić information content (AvgIpc) is 2.47. The van der Waals surface area contributed by atoms with E-state index < -0.39 is 6.10 Å². The lowest BCUT2D eigenvalue weighted by molar-refractivity contribution is -0.130. The molecule has 0 radical (unpaired) electrons. The minimum atomic E-state index is -0.457. The lowest BCUT2D eigenvalue weighted by Gasteiger charge is -2.17. The van der Waals surface area contributed by atoms with Crippen molar-refractivity contribution in [1.82, 2.24) is 5.32 Å². The number of carbonyl (C=O) groups excluding carboxylic acids is 1. The molecular formula is C16H21NO3. The molecule has 4 heteroatoms. The van der Waals surface area contributed by atoms with Crippen LogP contribution in [0.4, 0.5) is 0 Å². The molecule has 20 heavy (non-hydrogen) atoms. The maximum atomic E-state index is 11.7. The summed E-state index contributed by atoms with van der Waals surface area (Å²) in [5.41, 5.74) is 1.90. The van der Waals surface area contributed by atoms with Crippen LogP contribution in [0.15, 0.2) is 24.3 Å². The number of benzene rings is 1. The first kappa shape index (κ1) is 16.2. The van der Waals surface area contributed by atoms with Crippen LogP contribution in [0.25, 0.3) is 0 Å². The summed E-state index contributed by atoms with van der Waals surface area (Å²) in [6.07, 6.45) is 0.0180. The van der Waals surface area contributed by atoms with Gasteiger partial charge in [0.2, 0.25) is 5.91 Å². The van der Waals surface area contributed by atoms with Gasteiger partial charge >= 0.3 is 0 Å². The lowest BCUT2D eigenvalue weighted by Crippen LogP contribution is -2.35. The summed E-state index contributed by atoms with van der Waals surface area (Å²) in [5, 5.41) is 11.5. The smallest absolute Gasteiger partial charge is 0.249 e. The number of amides is 1. The van der Waals surface area contributed by atoms with Gasteiger partial charge in [0.05, 0.1) is 12.6 Å². The summed E-state index contributed by atoms with van der Waals surface area (Å²) in [4.78, 5) is 11.7. The molecular weight excluding hydrogens is 254 g/mol. The number of nitrogens with one attached hydrogen (secondary N) is 1. The number of carbonyl (C=O) groups is 1. The monoisotopic (exact) mass is 275 g/mol. The van der Waals surface area contributed by atoms with E-state index in [9.17, 15) is 4.79 Å². The lowest BCUT2D eigenvalue weighted by atomic mass is 10.1. The molecule has 0 aliphatic rings. The molecule has 2 N–H and O–H groups in total. The number of hydrogen-bond acceptors (Lipinski definition) is 3. The van der Waals surface area contributed by atoms with Gasteiger partial charge in [0.25, 0.3) is 0 Å². The molecule has 1 rings (SSSR count). The molecule has 0 saturated carbocycles. The van der Waals surface area contributed by atoms with Crippen LogP contribution < -0.4 is 5.32 Å². The van der Waals surface area contributed by atoms with Crippen molar-refractivity contribution in [2.45, 2.75) is 32.4 Å². The van der Waals surface area contributed by atoms with E-state index in [1.165, 1.54) is 7.11 Å². The first-order valence-corrected chi connectivity index (χ1v) is 6.61. The van der Waals surface area contributed by atoms with Crippen molar-refractivity contribution in [3.05, 3.63) is 35.4 Å². The fourth-order valence-corrected chi connectivity index (χ4v) is 1.60. The highest BCUT2D eigenvalue weighted by atomic mass is 16.5. The molecule has 1 aromatic carbocycles. The van der Waals surface area contributed by atoms with E-state index in [2.05, 4.69) is 17.2 Å². The summed E-state index contributed by atoms with van der Waals surface area (Å²) in [5.74, 6) is 5.70. The SMILES string of the molecule is COC(C)C(=O)NC(C)c1ccc(C#CCCO)cc1. The van der Waals surface area contributed by atoms with Crippen LogP contribution in [0, 0.1) is 11.8 Å². The molecule has 0 bridgehead atoms. The Hall–Kier alpha value is -1.83. The van der Waals surface area contributed by atoms with Crippen molar-refractivity contribution in [2.24, 2.45) is 0 Å². The molecule has 0 spiro atoms. The van der Waals surface area contributed by atoms with Crippen molar-refractivity contribution < 1.29 is 14.6 Å². The highest BCUT2D eigenvalue weighted by Crippen LogP contribution is 2.13. The number of aliphatic hydroxyl groups is 1. The van der Waals surface area contributed by atoms with Crippen LogP contribution >= 0.6 is 0 Å². The molecule has 0 aliphatic carbocycles. The zero-order valence-corrected chi connectivity index (χ0v) is 12.1. The zero-order valence-electron chi connectivity index (χ0n) is 12.1. The standard InChI is InChI=1S/C16H21NO3/c1-12(17-16(19)13(2)20-3)15-9-7-14(8-10-15)6-4-5-11-18/h7-10,12-13,18H,5,11H2,1-3H3,(H,17,19). The van der Waals surface area contributed by atoms with Gasteiger partial charge in [-0.25, -0.2) is 0 Å². The third-order valence-corrected chi connectivity index (χ3v) is 2.96. The van der Waals surface area contributed by atoms with E-state index in [0.717, 1.165) is 11.1 Å². The molecule has 2 unspecified atom stereocenters. The highest BCUT2D eigenvalue weighted by molar-refractivity contribution is 5.80. The second-order valence-electron chi connectivity index (χ2n) is 4.51. The van der Waals surface area contributed by atoms with Crippen LogP contribution in [0.1, 0.15) is 37.4 Å². The van der Waals surface area contributed by atoms with Gasteiger partial charge in [-0.05, 0) is 31.5 Å². The van der Waals surface area contributed by atoms with E-state index >= 15 is 0 Å². The Kier molecular flexibility index (Phi) is 6.78. The van der Waals surface area contributed by atoms with Crippen LogP contribution in [-0.2, 0) is 9.53 Å². The van der Waals surface area contributed by atoms with Gasteiger partial charge < -0.3 is 15.2 Å². The van der Waals surface area contributed by atoms with Gasteiger partial charge in [0.1, 0.15) is 6.10 Å². The Morgan fingerprint density at radius 2 is 2.00 bits per heavy atom. The van der Waals surface area contributed by atoms with Gasteiger partial charge in [-0.15, -0.1) is 0 Å². The molecule has 0 aliphatic heterocycles. The van der Waals surface area contributed by atoms with E-state index in [1.54, 1.807) is 6.92 Å². The number of rotatable bonds is 5. The maximum Gasteiger partial charge on any atom is 0.249 e. The molecule has 0 saturated heterocycles. The fraction of sp³-hybridized carbons (Fsp3) is 0.438. The Morgan fingerprint density at radius 3 is 2.55 bits per heavy atom. The van der Waals surface area contributed by atoms with Gasteiger partial charge in [-0.2, -0.15) is 0 Å². The Morgan fingerprint density at radius 1 is 1.35 bits per heavy atom. The van der Waals surface area contributed by atoms with Gasteiger partial charge in [0, 0.05) is 19.1 Å². The third-order valence-electron chi connectivity index (χ3n) is 2.96. The minimum absolute atomic E-state index is 0.0752. The average molecular weight is 275 g/mol. The third kappa shape index (κ3) is 5.04. The molecule has 1 aromatic rings. The molecule has 2 atom stereocenters. The van der Waals surface area contributed by atoms with E-state index in [0.29, 0.717) is 6.42 Å². The minimum Gasteiger partial charge on any atom is -0.395 e. The van der Waals surface area contributed by atoms with Crippen molar-refractivity contribution in [1.29, 1.82) is 0 Å². The zero-order chi connectivity index (χ0) is 15.0. The van der Waals surface area contributed by atoms with E-state index in [4.69, 9.17) is 9.84 Å². The van der Waals surface area contributed by atoms with Gasteiger partial charge in [-0.3, -0.25) is 4.79 Å². The predicted octanol–water partition coefficient (Wildman–Crippen LogP) is 1.63. The van der Waals surface area contributed by atoms with Crippen LogP contribution in [0.3, 0.4) is 0 Å². The van der Waals surface area contributed by atoms with Crippen molar-refractivity contribution in [3.8, 4) is 11.8 Å². The molecule has 108 valence electrons. The van der Waals surface area contributed by atoms with E-state index in [1.807, 2.05) is 31.2 Å². The summed E-state index contributed by atoms with van der Waals surface area (Å²) in [7, 11) is 1.51. The topological polar surface area (TPSA) is 58.6 Å². The summed E-state index contributed by atoms with van der Waals surface area (Å²) < 4.78 is 4.97. The quantitative estimate of drug-likeness (QED) is 0.803. The Balaban J connectivity index is 2.64. The van der Waals surface area contributed by atoms with Crippen LogP contribution in [-0.4, -0.2) is 30.8 Å². The first-order chi connectivity index (χ1) is 9.58. The summed E-state index contributed by atoms with van der Waals surface area (Å²) in [6, 6.07) is 7.60. The highest BCUT2D eigenvalue weighted by Gasteiger charge is 2.15. The summed E-state index contributed by atoms with van der Waals surface area (Å²) in [6.45, 7) is 3.71. The number of methoxy groups -OCH3 is 1. The fourth-order valence-electron chi connectivity index (χ4n) is 1.60. The Labute approximate surface area is 120 Å². The van der Waals surface area contributed by atoms with Crippen molar-refractivity contribution in [2.75, 3.05) is 13.7 Å². The molecule has 0 aromatic heterocycles. The van der Waals surface area contributed by atoms with Crippen molar-refractivity contribution >= 4 is 5.91 Å². The second-order valence-corrected chi connectivity index (χ2v) is 4.51. The van der Waals surface area contributed by atoms with Crippen LogP contribution in [0.5, 0.6) is 0 Å². The molecule has 4 nitrogen and oxygen atoms in total. The van der Waals surface area contributed by atoms with Crippen LogP contribution in [0.2, 0.25) is 0 Å². The number of hydrogen-bond donors (Lipinski definition) is 2. The maximum absolute atomic E-state index is 11.7. The summed E-state index contributed by atoms with van der Waals surface area (Å²) >= 11 is 0. The Bertz CT molecular complexity index is 485. The normalized spacial score (nSPS) is 13.0. The first-order valence-electron chi connectivity index (χ1n) is 6.61. The predicted molar refractivity (Wildman–Crippen MR) is 78.1 cm³/mol. The molecule has 0 heterocycles.